The normalized spacial score (nSPS) is 25.3. The topological polar surface area (TPSA) is 21.3 Å². The van der Waals surface area contributed by atoms with Gasteiger partial charge in [0.2, 0.25) is 0 Å². The Balaban J connectivity index is 2.14. The lowest BCUT2D eigenvalue weighted by Crippen LogP contribution is -2.48. The fourth-order valence-corrected chi connectivity index (χ4v) is 2.66. The molecule has 1 aromatic carbocycles. The van der Waals surface area contributed by atoms with E-state index in [0.29, 0.717) is 12.0 Å². The molecule has 1 N–H and O–H groups in total. The van der Waals surface area contributed by atoms with Crippen molar-refractivity contribution in [2.45, 2.75) is 37.8 Å². The van der Waals surface area contributed by atoms with Gasteiger partial charge < -0.3 is 10.1 Å². The molecule has 1 aliphatic heterocycles. The van der Waals surface area contributed by atoms with Gasteiger partial charge in [-0.3, -0.25) is 0 Å². The molecule has 4 heteroatoms. The SMILES string of the molecule is CNC(Cc1cc(F)cc(F)c1)C1(C)CCCO1. The molecule has 0 saturated carbocycles. The summed E-state index contributed by atoms with van der Waals surface area (Å²) in [6.45, 7) is 2.81. The van der Waals surface area contributed by atoms with Gasteiger partial charge in [-0.15, -0.1) is 0 Å². The first-order chi connectivity index (χ1) is 8.53. The molecule has 0 aliphatic carbocycles. The maximum absolute atomic E-state index is 13.2. The molecule has 18 heavy (non-hydrogen) atoms. The van der Waals surface area contributed by atoms with Crippen molar-refractivity contribution in [1.29, 1.82) is 0 Å². The lowest BCUT2D eigenvalue weighted by molar-refractivity contribution is -0.00947. The Morgan fingerprint density at radius 3 is 2.50 bits per heavy atom. The minimum Gasteiger partial charge on any atom is -0.374 e. The molecular formula is C14H19F2NO. The van der Waals surface area contributed by atoms with Crippen molar-refractivity contribution < 1.29 is 13.5 Å². The first kappa shape index (κ1) is 13.4. The third-order valence-corrected chi connectivity index (χ3v) is 3.70. The molecular weight excluding hydrogens is 236 g/mol. The minimum absolute atomic E-state index is 0.0567. The summed E-state index contributed by atoms with van der Waals surface area (Å²) >= 11 is 0. The smallest absolute Gasteiger partial charge is 0.126 e. The quantitative estimate of drug-likeness (QED) is 0.893. The molecule has 1 aromatic rings. The molecule has 100 valence electrons. The molecule has 1 saturated heterocycles. The number of ether oxygens (including phenoxy) is 1. The molecule has 0 radical (unpaired) electrons. The van der Waals surface area contributed by atoms with E-state index >= 15 is 0 Å². The highest BCUT2D eigenvalue weighted by Gasteiger charge is 2.37. The molecule has 1 aliphatic rings. The summed E-state index contributed by atoms with van der Waals surface area (Å²) < 4.78 is 32.1. The van der Waals surface area contributed by atoms with Gasteiger partial charge in [0.1, 0.15) is 11.6 Å². The van der Waals surface area contributed by atoms with Crippen LogP contribution < -0.4 is 5.32 Å². The van der Waals surface area contributed by atoms with Gasteiger partial charge in [0.05, 0.1) is 5.60 Å². The Bertz CT molecular complexity index is 396. The van der Waals surface area contributed by atoms with E-state index in [-0.39, 0.29) is 11.6 Å². The Morgan fingerprint density at radius 1 is 1.33 bits per heavy atom. The Morgan fingerprint density at radius 2 is 2.00 bits per heavy atom. The summed E-state index contributed by atoms with van der Waals surface area (Å²) in [7, 11) is 1.85. The average Bonchev–Trinajstić information content (AvgIpc) is 2.72. The molecule has 0 amide bonds. The number of hydrogen-bond acceptors (Lipinski definition) is 2. The van der Waals surface area contributed by atoms with Gasteiger partial charge in [0.15, 0.2) is 0 Å². The van der Waals surface area contributed by atoms with Gasteiger partial charge >= 0.3 is 0 Å². The van der Waals surface area contributed by atoms with Crippen LogP contribution in [0.5, 0.6) is 0 Å². The van der Waals surface area contributed by atoms with Crippen molar-refractivity contribution in [1.82, 2.24) is 5.32 Å². The van der Waals surface area contributed by atoms with Gasteiger partial charge in [0, 0.05) is 18.7 Å². The summed E-state index contributed by atoms with van der Waals surface area (Å²) in [6.07, 6.45) is 2.56. The van der Waals surface area contributed by atoms with Gasteiger partial charge in [-0.25, -0.2) is 8.78 Å². The van der Waals surface area contributed by atoms with Crippen LogP contribution in [0.1, 0.15) is 25.3 Å². The van der Waals surface area contributed by atoms with Crippen LogP contribution in [-0.2, 0) is 11.2 Å². The van der Waals surface area contributed by atoms with Crippen LogP contribution in [0.4, 0.5) is 8.78 Å². The summed E-state index contributed by atoms with van der Waals surface area (Å²) in [5.74, 6) is -1.06. The lowest BCUT2D eigenvalue weighted by atomic mass is 9.88. The molecule has 2 rings (SSSR count). The first-order valence-electron chi connectivity index (χ1n) is 6.30. The lowest BCUT2D eigenvalue weighted by Gasteiger charge is -2.33. The zero-order chi connectivity index (χ0) is 13.2. The highest BCUT2D eigenvalue weighted by Crippen LogP contribution is 2.30. The van der Waals surface area contributed by atoms with E-state index in [1.165, 1.54) is 12.1 Å². The second kappa shape index (κ2) is 5.33. The van der Waals surface area contributed by atoms with Crippen LogP contribution in [0, 0.1) is 11.6 Å². The fourth-order valence-electron chi connectivity index (χ4n) is 2.66. The third-order valence-electron chi connectivity index (χ3n) is 3.70. The van der Waals surface area contributed by atoms with Crippen molar-refractivity contribution in [3.63, 3.8) is 0 Å². The highest BCUT2D eigenvalue weighted by atomic mass is 19.1. The molecule has 0 aromatic heterocycles. The molecule has 2 unspecified atom stereocenters. The Labute approximate surface area is 106 Å². The van der Waals surface area contributed by atoms with Crippen molar-refractivity contribution in [3.8, 4) is 0 Å². The number of halogens is 2. The second-order valence-electron chi connectivity index (χ2n) is 5.09. The van der Waals surface area contributed by atoms with Crippen LogP contribution in [0.15, 0.2) is 18.2 Å². The van der Waals surface area contributed by atoms with E-state index < -0.39 is 11.6 Å². The van der Waals surface area contributed by atoms with Crippen molar-refractivity contribution in [2.24, 2.45) is 0 Å². The van der Waals surface area contributed by atoms with E-state index in [4.69, 9.17) is 4.74 Å². The molecule has 1 heterocycles. The van der Waals surface area contributed by atoms with E-state index in [2.05, 4.69) is 12.2 Å². The van der Waals surface area contributed by atoms with Gasteiger partial charge in [-0.05, 0) is 50.9 Å². The maximum atomic E-state index is 13.2. The van der Waals surface area contributed by atoms with E-state index in [0.717, 1.165) is 25.5 Å². The predicted molar refractivity (Wildman–Crippen MR) is 66.5 cm³/mol. The number of nitrogens with one attached hydrogen (secondary N) is 1. The summed E-state index contributed by atoms with van der Waals surface area (Å²) in [5.41, 5.74) is 0.404. The second-order valence-corrected chi connectivity index (χ2v) is 5.09. The van der Waals surface area contributed by atoms with Crippen LogP contribution in [-0.4, -0.2) is 25.3 Å². The predicted octanol–water partition coefficient (Wildman–Crippen LogP) is 2.66. The molecule has 0 spiro atoms. The van der Waals surface area contributed by atoms with E-state index in [1.807, 2.05) is 7.05 Å². The molecule has 2 atom stereocenters. The van der Waals surface area contributed by atoms with E-state index in [1.54, 1.807) is 0 Å². The van der Waals surface area contributed by atoms with E-state index in [9.17, 15) is 8.78 Å². The van der Waals surface area contributed by atoms with Crippen LogP contribution >= 0.6 is 0 Å². The maximum Gasteiger partial charge on any atom is 0.126 e. The average molecular weight is 255 g/mol. The minimum atomic E-state index is -0.530. The number of rotatable bonds is 4. The molecule has 1 fully saturated rings. The zero-order valence-corrected chi connectivity index (χ0v) is 10.8. The Hall–Kier alpha value is -1.00. The van der Waals surface area contributed by atoms with Gasteiger partial charge in [0.25, 0.3) is 0 Å². The number of benzene rings is 1. The van der Waals surface area contributed by atoms with Crippen molar-refractivity contribution >= 4 is 0 Å². The van der Waals surface area contributed by atoms with Crippen LogP contribution in [0.3, 0.4) is 0 Å². The molecule has 0 bridgehead atoms. The largest absolute Gasteiger partial charge is 0.374 e. The number of hydrogen-bond donors (Lipinski definition) is 1. The van der Waals surface area contributed by atoms with Crippen molar-refractivity contribution in [3.05, 3.63) is 35.4 Å². The van der Waals surface area contributed by atoms with Gasteiger partial charge in [-0.1, -0.05) is 0 Å². The van der Waals surface area contributed by atoms with Crippen molar-refractivity contribution in [2.75, 3.05) is 13.7 Å². The third kappa shape index (κ3) is 2.87. The summed E-state index contributed by atoms with van der Waals surface area (Å²) in [5, 5.41) is 3.20. The highest BCUT2D eigenvalue weighted by molar-refractivity contribution is 5.20. The summed E-state index contributed by atoms with van der Waals surface area (Å²) in [6, 6.07) is 3.71. The standard InChI is InChI=1S/C14H19F2NO/c1-14(4-3-5-18-14)13(17-2)8-10-6-11(15)9-12(16)7-10/h6-7,9,13,17H,3-5,8H2,1-2H3. The number of likely N-dealkylation sites (N-methyl/N-ethyl adjacent to an activating group) is 1. The monoisotopic (exact) mass is 255 g/mol. The Kier molecular flexibility index (Phi) is 3.97. The van der Waals surface area contributed by atoms with Crippen LogP contribution in [0.2, 0.25) is 0 Å². The molecule has 2 nitrogen and oxygen atoms in total. The first-order valence-corrected chi connectivity index (χ1v) is 6.30. The zero-order valence-electron chi connectivity index (χ0n) is 10.8. The summed E-state index contributed by atoms with van der Waals surface area (Å²) in [4.78, 5) is 0. The fraction of sp³-hybridized carbons (Fsp3) is 0.571. The van der Waals surface area contributed by atoms with Gasteiger partial charge in [-0.2, -0.15) is 0 Å². The van der Waals surface area contributed by atoms with Crippen LogP contribution in [0.25, 0.3) is 0 Å².